The number of benzene rings is 1. The highest BCUT2D eigenvalue weighted by atomic mass is 16.5. The zero-order valence-electron chi connectivity index (χ0n) is 10.3. The SMILES string of the molecule is CCOc1ccc(C2(C)CCCNC2)cc1. The Morgan fingerprint density at radius 3 is 2.62 bits per heavy atom. The van der Waals surface area contributed by atoms with E-state index in [1.807, 2.05) is 6.92 Å². The predicted molar refractivity (Wildman–Crippen MR) is 67.1 cm³/mol. The molecule has 1 aromatic carbocycles. The van der Waals surface area contributed by atoms with Crippen LogP contribution in [0.25, 0.3) is 0 Å². The van der Waals surface area contributed by atoms with Crippen molar-refractivity contribution in [1.82, 2.24) is 5.32 Å². The number of piperidine rings is 1. The lowest BCUT2D eigenvalue weighted by atomic mass is 9.76. The normalized spacial score (nSPS) is 25.4. The van der Waals surface area contributed by atoms with Crippen molar-refractivity contribution in [2.75, 3.05) is 19.7 Å². The Hall–Kier alpha value is -1.02. The van der Waals surface area contributed by atoms with Gasteiger partial charge in [0, 0.05) is 12.0 Å². The van der Waals surface area contributed by atoms with E-state index >= 15 is 0 Å². The summed E-state index contributed by atoms with van der Waals surface area (Å²) in [4.78, 5) is 0. The summed E-state index contributed by atoms with van der Waals surface area (Å²) in [6.45, 7) is 7.33. The van der Waals surface area contributed by atoms with Gasteiger partial charge in [0.15, 0.2) is 0 Å². The summed E-state index contributed by atoms with van der Waals surface area (Å²) in [5, 5.41) is 3.48. The monoisotopic (exact) mass is 219 g/mol. The smallest absolute Gasteiger partial charge is 0.119 e. The molecule has 2 heteroatoms. The van der Waals surface area contributed by atoms with Gasteiger partial charge in [0.1, 0.15) is 5.75 Å². The number of nitrogens with one attached hydrogen (secondary N) is 1. The van der Waals surface area contributed by atoms with E-state index in [1.165, 1.54) is 18.4 Å². The van der Waals surface area contributed by atoms with Crippen LogP contribution in [-0.4, -0.2) is 19.7 Å². The van der Waals surface area contributed by atoms with Crippen LogP contribution < -0.4 is 10.1 Å². The Morgan fingerprint density at radius 2 is 2.06 bits per heavy atom. The fraction of sp³-hybridized carbons (Fsp3) is 0.571. The van der Waals surface area contributed by atoms with Crippen molar-refractivity contribution in [2.24, 2.45) is 0 Å². The van der Waals surface area contributed by atoms with E-state index in [9.17, 15) is 0 Å². The molecule has 2 rings (SSSR count). The largest absolute Gasteiger partial charge is 0.494 e. The minimum Gasteiger partial charge on any atom is -0.494 e. The van der Waals surface area contributed by atoms with Gasteiger partial charge < -0.3 is 10.1 Å². The minimum absolute atomic E-state index is 0.295. The third kappa shape index (κ3) is 2.38. The Kier molecular flexibility index (Phi) is 3.49. The predicted octanol–water partition coefficient (Wildman–Crippen LogP) is 2.73. The summed E-state index contributed by atoms with van der Waals surface area (Å²) in [7, 11) is 0. The van der Waals surface area contributed by atoms with Crippen LogP contribution >= 0.6 is 0 Å². The maximum absolute atomic E-state index is 5.47. The summed E-state index contributed by atoms with van der Waals surface area (Å²) in [6.07, 6.45) is 2.54. The highest BCUT2D eigenvalue weighted by Gasteiger charge is 2.28. The molecule has 1 N–H and O–H groups in total. The fourth-order valence-corrected chi connectivity index (χ4v) is 2.42. The van der Waals surface area contributed by atoms with E-state index in [4.69, 9.17) is 4.74 Å². The van der Waals surface area contributed by atoms with Crippen LogP contribution in [0.2, 0.25) is 0 Å². The van der Waals surface area contributed by atoms with E-state index < -0.39 is 0 Å². The van der Waals surface area contributed by atoms with Gasteiger partial charge in [0.2, 0.25) is 0 Å². The van der Waals surface area contributed by atoms with Gasteiger partial charge in [-0.1, -0.05) is 19.1 Å². The molecule has 0 radical (unpaired) electrons. The highest BCUT2D eigenvalue weighted by Crippen LogP contribution is 2.31. The van der Waals surface area contributed by atoms with Crippen LogP contribution in [0.5, 0.6) is 5.75 Å². The molecule has 1 atom stereocenters. The molecule has 1 aliphatic heterocycles. The molecule has 1 aliphatic rings. The molecule has 88 valence electrons. The van der Waals surface area contributed by atoms with Gasteiger partial charge in [-0.3, -0.25) is 0 Å². The van der Waals surface area contributed by atoms with Crippen LogP contribution in [0.1, 0.15) is 32.3 Å². The first-order valence-corrected chi connectivity index (χ1v) is 6.19. The van der Waals surface area contributed by atoms with Gasteiger partial charge in [0.05, 0.1) is 6.61 Å². The molecule has 0 amide bonds. The third-order valence-corrected chi connectivity index (χ3v) is 3.46. The lowest BCUT2D eigenvalue weighted by Gasteiger charge is -2.34. The topological polar surface area (TPSA) is 21.3 Å². The van der Waals surface area contributed by atoms with Crippen LogP contribution in [0.15, 0.2) is 24.3 Å². The third-order valence-electron chi connectivity index (χ3n) is 3.46. The molecule has 2 nitrogen and oxygen atoms in total. The van der Waals surface area contributed by atoms with Gasteiger partial charge in [-0.2, -0.15) is 0 Å². The molecule has 16 heavy (non-hydrogen) atoms. The molecule has 1 unspecified atom stereocenters. The van der Waals surface area contributed by atoms with Crippen LogP contribution in [0.3, 0.4) is 0 Å². The molecule has 0 aromatic heterocycles. The standard InChI is InChI=1S/C14H21NO/c1-3-16-13-7-5-12(6-8-13)14(2)9-4-10-15-11-14/h5-8,15H,3-4,9-11H2,1-2H3. The van der Waals surface area contributed by atoms with Crippen LogP contribution in [0, 0.1) is 0 Å². The first-order chi connectivity index (χ1) is 7.74. The average Bonchev–Trinajstić information content (AvgIpc) is 2.31. The highest BCUT2D eigenvalue weighted by molar-refractivity contribution is 5.32. The van der Waals surface area contributed by atoms with Crippen molar-refractivity contribution in [3.05, 3.63) is 29.8 Å². The molecular weight excluding hydrogens is 198 g/mol. The summed E-state index contributed by atoms with van der Waals surface area (Å²) in [6, 6.07) is 8.58. The van der Waals surface area contributed by atoms with Gasteiger partial charge in [-0.05, 0) is 44.0 Å². The van der Waals surface area contributed by atoms with Crippen LogP contribution in [0.4, 0.5) is 0 Å². The zero-order chi connectivity index (χ0) is 11.4. The van der Waals surface area contributed by atoms with E-state index in [0.29, 0.717) is 5.41 Å². The molecule has 0 spiro atoms. The van der Waals surface area contributed by atoms with E-state index in [0.717, 1.165) is 25.4 Å². The van der Waals surface area contributed by atoms with Crippen molar-refractivity contribution in [1.29, 1.82) is 0 Å². The second-order valence-corrected chi connectivity index (χ2v) is 4.80. The Bertz CT molecular complexity index is 325. The summed E-state index contributed by atoms with van der Waals surface area (Å²) in [5.41, 5.74) is 1.71. The quantitative estimate of drug-likeness (QED) is 0.844. The summed E-state index contributed by atoms with van der Waals surface area (Å²) >= 11 is 0. The van der Waals surface area contributed by atoms with E-state index in [2.05, 4.69) is 36.5 Å². The first kappa shape index (κ1) is 11.5. The van der Waals surface area contributed by atoms with Crippen molar-refractivity contribution < 1.29 is 4.74 Å². The first-order valence-electron chi connectivity index (χ1n) is 6.19. The zero-order valence-corrected chi connectivity index (χ0v) is 10.3. The number of ether oxygens (including phenoxy) is 1. The van der Waals surface area contributed by atoms with E-state index in [1.54, 1.807) is 0 Å². The fourth-order valence-electron chi connectivity index (χ4n) is 2.42. The van der Waals surface area contributed by atoms with Gasteiger partial charge in [-0.25, -0.2) is 0 Å². The maximum atomic E-state index is 5.47. The summed E-state index contributed by atoms with van der Waals surface area (Å²) < 4.78 is 5.47. The number of hydrogen-bond acceptors (Lipinski definition) is 2. The van der Waals surface area contributed by atoms with Crippen molar-refractivity contribution in [3.63, 3.8) is 0 Å². The second-order valence-electron chi connectivity index (χ2n) is 4.80. The van der Waals surface area contributed by atoms with Gasteiger partial charge >= 0.3 is 0 Å². The van der Waals surface area contributed by atoms with Gasteiger partial charge in [0.25, 0.3) is 0 Å². The van der Waals surface area contributed by atoms with Crippen molar-refractivity contribution in [2.45, 2.75) is 32.1 Å². The molecule has 0 saturated carbocycles. The molecule has 1 fully saturated rings. The number of rotatable bonds is 3. The minimum atomic E-state index is 0.295. The van der Waals surface area contributed by atoms with Crippen LogP contribution in [-0.2, 0) is 5.41 Å². The van der Waals surface area contributed by atoms with Crippen molar-refractivity contribution in [3.8, 4) is 5.75 Å². The lowest BCUT2D eigenvalue weighted by molar-refractivity contribution is 0.333. The van der Waals surface area contributed by atoms with Gasteiger partial charge in [-0.15, -0.1) is 0 Å². The number of hydrogen-bond donors (Lipinski definition) is 1. The Labute approximate surface area is 98.0 Å². The van der Waals surface area contributed by atoms with Crippen molar-refractivity contribution >= 4 is 0 Å². The summed E-state index contributed by atoms with van der Waals surface area (Å²) in [5.74, 6) is 0.971. The second kappa shape index (κ2) is 4.88. The average molecular weight is 219 g/mol. The Balaban J connectivity index is 2.13. The Morgan fingerprint density at radius 1 is 1.31 bits per heavy atom. The maximum Gasteiger partial charge on any atom is 0.119 e. The molecule has 1 saturated heterocycles. The van der Waals surface area contributed by atoms with E-state index in [-0.39, 0.29) is 0 Å². The lowest BCUT2D eigenvalue weighted by Crippen LogP contribution is -2.41. The molecule has 1 heterocycles. The molecular formula is C14H21NO. The molecule has 1 aromatic rings. The molecule has 0 aliphatic carbocycles. The molecule has 0 bridgehead atoms.